The molecule has 0 saturated carbocycles. The molecule has 2 N–H and O–H groups in total. The molecule has 3 rings (SSSR count). The SMILES string of the molecule is COc1ccc(OC)c(CNC(=O)C(Cc2ccccc2)NC(=O)c2ccco2)c1. The standard InChI is InChI=1S/C23H24N2O5/c1-28-18-10-11-20(29-2)17(14-18)15-24-22(26)19(13-16-7-4-3-5-8-16)25-23(27)21-9-6-12-30-21/h3-12,14,19H,13,15H2,1-2H3,(H,24,26)(H,25,27). The summed E-state index contributed by atoms with van der Waals surface area (Å²) in [5.74, 6) is 0.677. The maximum absolute atomic E-state index is 13.0. The topological polar surface area (TPSA) is 89.8 Å². The zero-order valence-electron chi connectivity index (χ0n) is 16.9. The summed E-state index contributed by atoms with van der Waals surface area (Å²) in [6, 6.07) is 17.2. The molecule has 0 saturated heterocycles. The average molecular weight is 408 g/mol. The van der Waals surface area contributed by atoms with Gasteiger partial charge in [-0.25, -0.2) is 0 Å². The number of carbonyl (C=O) groups is 2. The summed E-state index contributed by atoms with van der Waals surface area (Å²) in [5, 5.41) is 5.63. The van der Waals surface area contributed by atoms with E-state index in [1.54, 1.807) is 44.6 Å². The van der Waals surface area contributed by atoms with Crippen LogP contribution in [0.3, 0.4) is 0 Å². The van der Waals surface area contributed by atoms with Gasteiger partial charge in [0.05, 0.1) is 20.5 Å². The van der Waals surface area contributed by atoms with Crippen LogP contribution in [0.25, 0.3) is 0 Å². The Kier molecular flexibility index (Phi) is 7.10. The fourth-order valence-corrected chi connectivity index (χ4v) is 3.02. The summed E-state index contributed by atoms with van der Waals surface area (Å²) in [7, 11) is 3.14. The summed E-state index contributed by atoms with van der Waals surface area (Å²) in [6.07, 6.45) is 1.75. The number of amides is 2. The molecule has 30 heavy (non-hydrogen) atoms. The number of carbonyl (C=O) groups excluding carboxylic acids is 2. The number of hydrogen-bond acceptors (Lipinski definition) is 5. The first-order valence-corrected chi connectivity index (χ1v) is 9.47. The van der Waals surface area contributed by atoms with Crippen molar-refractivity contribution in [3.8, 4) is 11.5 Å². The van der Waals surface area contributed by atoms with Gasteiger partial charge in [0, 0.05) is 18.5 Å². The molecule has 2 amide bonds. The lowest BCUT2D eigenvalue weighted by Crippen LogP contribution is -2.47. The van der Waals surface area contributed by atoms with Crippen molar-refractivity contribution in [3.05, 3.63) is 83.8 Å². The summed E-state index contributed by atoms with van der Waals surface area (Å²) in [6.45, 7) is 0.223. The largest absolute Gasteiger partial charge is 0.497 e. The second kappa shape index (κ2) is 10.2. The highest BCUT2D eigenvalue weighted by Crippen LogP contribution is 2.23. The fraction of sp³-hybridized carbons (Fsp3) is 0.217. The molecule has 0 aliphatic rings. The van der Waals surface area contributed by atoms with E-state index in [0.29, 0.717) is 17.9 Å². The molecular formula is C23H24N2O5. The number of ether oxygens (including phenoxy) is 2. The Balaban J connectivity index is 1.73. The van der Waals surface area contributed by atoms with Crippen molar-refractivity contribution < 1.29 is 23.5 Å². The lowest BCUT2D eigenvalue weighted by atomic mass is 10.0. The number of rotatable bonds is 9. The van der Waals surface area contributed by atoms with Crippen molar-refractivity contribution in [2.24, 2.45) is 0 Å². The minimum Gasteiger partial charge on any atom is -0.497 e. The first-order chi connectivity index (χ1) is 14.6. The average Bonchev–Trinajstić information content (AvgIpc) is 3.32. The maximum Gasteiger partial charge on any atom is 0.287 e. The molecule has 3 aromatic rings. The molecule has 1 atom stereocenters. The van der Waals surface area contributed by atoms with E-state index >= 15 is 0 Å². The zero-order chi connectivity index (χ0) is 21.3. The van der Waals surface area contributed by atoms with Crippen molar-refractivity contribution in [2.75, 3.05) is 14.2 Å². The minimum absolute atomic E-state index is 0.148. The van der Waals surface area contributed by atoms with Gasteiger partial charge >= 0.3 is 0 Å². The van der Waals surface area contributed by atoms with Crippen LogP contribution in [0.5, 0.6) is 11.5 Å². The van der Waals surface area contributed by atoms with Crippen LogP contribution in [0.4, 0.5) is 0 Å². The van der Waals surface area contributed by atoms with Crippen LogP contribution in [0.15, 0.2) is 71.3 Å². The molecule has 1 unspecified atom stereocenters. The van der Waals surface area contributed by atoms with E-state index in [1.165, 1.54) is 6.26 Å². The lowest BCUT2D eigenvalue weighted by molar-refractivity contribution is -0.123. The third-order valence-corrected chi connectivity index (χ3v) is 4.59. The number of nitrogens with one attached hydrogen (secondary N) is 2. The van der Waals surface area contributed by atoms with Crippen LogP contribution >= 0.6 is 0 Å². The number of benzene rings is 2. The van der Waals surface area contributed by atoms with Gasteiger partial charge in [-0.15, -0.1) is 0 Å². The molecule has 0 fully saturated rings. The van der Waals surface area contributed by atoms with Gasteiger partial charge in [-0.2, -0.15) is 0 Å². The smallest absolute Gasteiger partial charge is 0.287 e. The number of methoxy groups -OCH3 is 2. The van der Waals surface area contributed by atoms with E-state index in [4.69, 9.17) is 13.9 Å². The maximum atomic E-state index is 13.0. The van der Waals surface area contributed by atoms with Gasteiger partial charge in [-0.3, -0.25) is 9.59 Å². The van der Waals surface area contributed by atoms with Crippen molar-refractivity contribution in [3.63, 3.8) is 0 Å². The van der Waals surface area contributed by atoms with Gasteiger partial charge in [0.1, 0.15) is 17.5 Å². The molecule has 0 bridgehead atoms. The predicted molar refractivity (Wildman–Crippen MR) is 112 cm³/mol. The summed E-state index contributed by atoms with van der Waals surface area (Å²) < 4.78 is 15.7. The molecule has 0 spiro atoms. The molecular weight excluding hydrogens is 384 g/mol. The van der Waals surface area contributed by atoms with Crippen molar-refractivity contribution in [1.82, 2.24) is 10.6 Å². The van der Waals surface area contributed by atoms with Gasteiger partial charge in [-0.05, 0) is 35.9 Å². The third kappa shape index (κ3) is 5.41. The normalized spacial score (nSPS) is 11.4. The van der Waals surface area contributed by atoms with Gasteiger partial charge in [-0.1, -0.05) is 30.3 Å². The van der Waals surface area contributed by atoms with Crippen LogP contribution in [0, 0.1) is 0 Å². The number of furan rings is 1. The van der Waals surface area contributed by atoms with E-state index in [0.717, 1.165) is 11.1 Å². The minimum atomic E-state index is -0.776. The Morgan fingerprint density at radius 2 is 1.80 bits per heavy atom. The van der Waals surface area contributed by atoms with Crippen molar-refractivity contribution in [1.29, 1.82) is 0 Å². The molecule has 0 aliphatic heterocycles. The van der Waals surface area contributed by atoms with Crippen LogP contribution in [0.2, 0.25) is 0 Å². The summed E-state index contributed by atoms with van der Waals surface area (Å²) in [5.41, 5.74) is 1.69. The molecule has 0 aliphatic carbocycles. The van der Waals surface area contributed by atoms with E-state index < -0.39 is 11.9 Å². The summed E-state index contributed by atoms with van der Waals surface area (Å²) in [4.78, 5) is 25.4. The first kappa shape index (κ1) is 21.0. The zero-order valence-corrected chi connectivity index (χ0v) is 16.9. The second-order valence-corrected chi connectivity index (χ2v) is 6.59. The Morgan fingerprint density at radius 1 is 1.00 bits per heavy atom. The highest BCUT2D eigenvalue weighted by Gasteiger charge is 2.23. The first-order valence-electron chi connectivity index (χ1n) is 9.47. The summed E-state index contributed by atoms with van der Waals surface area (Å²) >= 11 is 0. The van der Waals surface area contributed by atoms with E-state index in [-0.39, 0.29) is 18.2 Å². The van der Waals surface area contributed by atoms with Gasteiger partial charge in [0.2, 0.25) is 5.91 Å². The van der Waals surface area contributed by atoms with Gasteiger partial charge in [0.15, 0.2) is 5.76 Å². The monoisotopic (exact) mass is 408 g/mol. The van der Waals surface area contributed by atoms with E-state index in [2.05, 4.69) is 10.6 Å². The predicted octanol–water partition coefficient (Wildman–Crippen LogP) is 2.95. The number of hydrogen-bond donors (Lipinski definition) is 2. The van der Waals surface area contributed by atoms with Crippen molar-refractivity contribution in [2.45, 2.75) is 19.0 Å². The fourth-order valence-electron chi connectivity index (χ4n) is 3.02. The highest BCUT2D eigenvalue weighted by atomic mass is 16.5. The molecule has 1 heterocycles. The van der Waals surface area contributed by atoms with Gasteiger partial charge in [0.25, 0.3) is 5.91 Å². The molecule has 0 radical (unpaired) electrons. The van der Waals surface area contributed by atoms with Crippen molar-refractivity contribution >= 4 is 11.8 Å². The Bertz CT molecular complexity index is 971. The van der Waals surface area contributed by atoms with E-state index in [9.17, 15) is 9.59 Å². The van der Waals surface area contributed by atoms with Crippen LogP contribution in [0.1, 0.15) is 21.7 Å². The lowest BCUT2D eigenvalue weighted by Gasteiger charge is -2.19. The Labute approximate surface area is 175 Å². The second-order valence-electron chi connectivity index (χ2n) is 6.59. The van der Waals surface area contributed by atoms with Gasteiger partial charge < -0.3 is 24.5 Å². The van der Waals surface area contributed by atoms with Crippen LogP contribution in [-0.4, -0.2) is 32.1 Å². The van der Waals surface area contributed by atoms with E-state index in [1.807, 2.05) is 30.3 Å². The Morgan fingerprint density at radius 3 is 2.47 bits per heavy atom. The Hall–Kier alpha value is -3.74. The molecule has 7 nitrogen and oxygen atoms in total. The van der Waals surface area contributed by atoms with Crippen LogP contribution in [-0.2, 0) is 17.8 Å². The molecule has 2 aromatic carbocycles. The highest BCUT2D eigenvalue weighted by molar-refractivity contribution is 5.95. The molecule has 7 heteroatoms. The molecule has 1 aromatic heterocycles. The van der Waals surface area contributed by atoms with Crippen LogP contribution < -0.4 is 20.1 Å². The third-order valence-electron chi connectivity index (χ3n) is 4.59. The quantitative estimate of drug-likeness (QED) is 0.568. The molecule has 156 valence electrons.